The van der Waals surface area contributed by atoms with Gasteiger partial charge in [0.2, 0.25) is 5.91 Å². The number of amides is 1. The number of rotatable bonds is 7. The van der Waals surface area contributed by atoms with Crippen molar-refractivity contribution in [2.75, 3.05) is 6.54 Å². The Morgan fingerprint density at radius 3 is 2.41 bits per heavy atom. The molecule has 0 aliphatic heterocycles. The number of nitrogens with zero attached hydrogens (tertiary/aromatic N) is 1. The molecule has 2 N–H and O–H groups in total. The molecule has 0 spiro atoms. The molecule has 0 heterocycles. The Kier molecular flexibility index (Phi) is 7.91. The van der Waals surface area contributed by atoms with E-state index in [0.29, 0.717) is 12.3 Å². The zero-order valence-electron chi connectivity index (χ0n) is 13.7. The predicted molar refractivity (Wildman–Crippen MR) is 94.0 cm³/mol. The lowest BCUT2D eigenvalue weighted by molar-refractivity contribution is -0.134. The van der Waals surface area contributed by atoms with Crippen LogP contribution in [0.3, 0.4) is 0 Å². The van der Waals surface area contributed by atoms with Crippen molar-refractivity contribution in [1.82, 2.24) is 4.90 Å². The molecule has 1 aliphatic rings. The number of nitrogens with two attached hydrogens (primary N) is 1. The molecule has 22 heavy (non-hydrogen) atoms. The molecule has 1 saturated carbocycles. The van der Waals surface area contributed by atoms with Gasteiger partial charge in [0.05, 0.1) is 6.04 Å². The third-order valence-corrected chi connectivity index (χ3v) is 4.56. The van der Waals surface area contributed by atoms with Gasteiger partial charge < -0.3 is 10.6 Å². The van der Waals surface area contributed by atoms with E-state index >= 15 is 0 Å². The number of hydrogen-bond acceptors (Lipinski definition) is 2. The van der Waals surface area contributed by atoms with Crippen molar-refractivity contribution in [2.45, 2.75) is 58.0 Å². The van der Waals surface area contributed by atoms with Crippen LogP contribution in [0, 0.1) is 5.92 Å². The van der Waals surface area contributed by atoms with Crippen LogP contribution in [-0.2, 0) is 4.79 Å². The highest BCUT2D eigenvalue weighted by Crippen LogP contribution is 2.31. The second kappa shape index (κ2) is 9.16. The molecule has 3 nitrogen and oxygen atoms in total. The van der Waals surface area contributed by atoms with E-state index in [0.717, 1.165) is 13.0 Å². The Morgan fingerprint density at radius 2 is 1.91 bits per heavy atom. The van der Waals surface area contributed by atoms with E-state index in [1.807, 2.05) is 25.1 Å². The maximum Gasteiger partial charge on any atom is 0.223 e. The van der Waals surface area contributed by atoms with Gasteiger partial charge in [-0.05, 0) is 44.6 Å². The van der Waals surface area contributed by atoms with E-state index in [2.05, 4.69) is 24.0 Å². The molecular formula is C18H29ClN2O. The summed E-state index contributed by atoms with van der Waals surface area (Å²) in [5, 5.41) is 0. The fourth-order valence-electron chi connectivity index (χ4n) is 2.84. The van der Waals surface area contributed by atoms with Crippen LogP contribution in [0.1, 0.15) is 57.6 Å². The van der Waals surface area contributed by atoms with Crippen LogP contribution in [0.5, 0.6) is 0 Å². The monoisotopic (exact) mass is 324 g/mol. The highest BCUT2D eigenvalue weighted by Gasteiger charge is 2.27. The van der Waals surface area contributed by atoms with Gasteiger partial charge in [0.15, 0.2) is 0 Å². The van der Waals surface area contributed by atoms with Crippen molar-refractivity contribution in [3.63, 3.8) is 0 Å². The summed E-state index contributed by atoms with van der Waals surface area (Å²) in [6.07, 6.45) is 5.16. The first kappa shape index (κ1) is 19.0. The lowest BCUT2D eigenvalue weighted by atomic mass is 9.84. The summed E-state index contributed by atoms with van der Waals surface area (Å²) < 4.78 is 0. The average molecular weight is 325 g/mol. The first-order valence-corrected chi connectivity index (χ1v) is 8.18. The Morgan fingerprint density at radius 1 is 1.27 bits per heavy atom. The Bertz CT molecular complexity index is 446. The lowest BCUT2D eigenvalue weighted by Gasteiger charge is -2.36. The van der Waals surface area contributed by atoms with Crippen molar-refractivity contribution >= 4 is 18.3 Å². The Hall–Kier alpha value is -1.06. The SMILES string of the molecule is CC(N)CCC(=O)N(CC1CCC1)C(C)c1ccccc1.Cl. The van der Waals surface area contributed by atoms with Crippen molar-refractivity contribution in [3.8, 4) is 0 Å². The molecule has 1 aromatic carbocycles. The minimum atomic E-state index is 0. The van der Waals surface area contributed by atoms with Gasteiger partial charge in [0.1, 0.15) is 0 Å². The van der Waals surface area contributed by atoms with E-state index in [1.165, 1.54) is 24.8 Å². The number of benzene rings is 1. The fraction of sp³-hybridized carbons (Fsp3) is 0.611. The topological polar surface area (TPSA) is 46.3 Å². The van der Waals surface area contributed by atoms with Gasteiger partial charge in [0.25, 0.3) is 0 Å². The number of carbonyl (C=O) groups is 1. The van der Waals surface area contributed by atoms with Gasteiger partial charge in [-0.3, -0.25) is 4.79 Å². The molecule has 2 unspecified atom stereocenters. The van der Waals surface area contributed by atoms with Gasteiger partial charge in [-0.2, -0.15) is 0 Å². The molecule has 1 aliphatic carbocycles. The molecule has 0 bridgehead atoms. The van der Waals surface area contributed by atoms with Crippen LogP contribution in [0.25, 0.3) is 0 Å². The number of carbonyl (C=O) groups excluding carboxylic acids is 1. The van der Waals surface area contributed by atoms with Gasteiger partial charge in [0, 0.05) is 19.0 Å². The second-order valence-electron chi connectivity index (χ2n) is 6.45. The van der Waals surface area contributed by atoms with Crippen LogP contribution in [-0.4, -0.2) is 23.4 Å². The number of hydrogen-bond donors (Lipinski definition) is 1. The molecular weight excluding hydrogens is 296 g/mol. The van der Waals surface area contributed by atoms with E-state index in [1.54, 1.807) is 0 Å². The standard InChI is InChI=1S/C18H28N2O.ClH/c1-14(19)11-12-18(21)20(13-16-7-6-8-16)15(2)17-9-4-3-5-10-17;/h3-5,9-10,14-16H,6-8,11-13,19H2,1-2H3;1H. The number of halogens is 1. The minimum Gasteiger partial charge on any atom is -0.336 e. The fourth-order valence-corrected chi connectivity index (χ4v) is 2.84. The zero-order valence-corrected chi connectivity index (χ0v) is 14.5. The highest BCUT2D eigenvalue weighted by molar-refractivity contribution is 5.85. The van der Waals surface area contributed by atoms with Gasteiger partial charge in [-0.15, -0.1) is 12.4 Å². The minimum absolute atomic E-state index is 0. The second-order valence-corrected chi connectivity index (χ2v) is 6.45. The van der Waals surface area contributed by atoms with Crippen LogP contribution in [0.2, 0.25) is 0 Å². The summed E-state index contributed by atoms with van der Waals surface area (Å²) in [6.45, 7) is 5.00. The van der Waals surface area contributed by atoms with Gasteiger partial charge >= 0.3 is 0 Å². The summed E-state index contributed by atoms with van der Waals surface area (Å²) in [7, 11) is 0. The summed E-state index contributed by atoms with van der Waals surface area (Å²) >= 11 is 0. The van der Waals surface area contributed by atoms with Gasteiger partial charge in [-0.25, -0.2) is 0 Å². The van der Waals surface area contributed by atoms with Crippen LogP contribution >= 0.6 is 12.4 Å². The summed E-state index contributed by atoms with van der Waals surface area (Å²) in [4.78, 5) is 14.7. The van der Waals surface area contributed by atoms with Crippen molar-refractivity contribution < 1.29 is 4.79 Å². The summed E-state index contributed by atoms with van der Waals surface area (Å²) in [5.74, 6) is 0.936. The zero-order chi connectivity index (χ0) is 15.2. The van der Waals surface area contributed by atoms with E-state index in [9.17, 15) is 4.79 Å². The molecule has 124 valence electrons. The largest absolute Gasteiger partial charge is 0.336 e. The molecule has 1 fully saturated rings. The molecule has 1 amide bonds. The van der Waals surface area contributed by atoms with Crippen molar-refractivity contribution in [3.05, 3.63) is 35.9 Å². The first-order valence-electron chi connectivity index (χ1n) is 8.18. The van der Waals surface area contributed by atoms with E-state index < -0.39 is 0 Å². The highest BCUT2D eigenvalue weighted by atomic mass is 35.5. The molecule has 2 atom stereocenters. The molecule has 1 aromatic rings. The molecule has 2 rings (SSSR count). The van der Waals surface area contributed by atoms with Crippen molar-refractivity contribution in [2.24, 2.45) is 11.7 Å². The van der Waals surface area contributed by atoms with E-state index in [4.69, 9.17) is 5.73 Å². The Labute approximate surface area is 140 Å². The van der Waals surface area contributed by atoms with E-state index in [-0.39, 0.29) is 30.4 Å². The average Bonchev–Trinajstić information content (AvgIpc) is 2.44. The third-order valence-electron chi connectivity index (χ3n) is 4.56. The predicted octanol–water partition coefficient (Wildman–Crippen LogP) is 3.93. The van der Waals surface area contributed by atoms with Crippen molar-refractivity contribution in [1.29, 1.82) is 0 Å². The summed E-state index contributed by atoms with van der Waals surface area (Å²) in [5.41, 5.74) is 7.01. The van der Waals surface area contributed by atoms with Crippen LogP contribution < -0.4 is 5.73 Å². The maximum absolute atomic E-state index is 12.6. The quantitative estimate of drug-likeness (QED) is 0.826. The molecule has 0 aromatic heterocycles. The molecule has 4 heteroatoms. The van der Waals surface area contributed by atoms with Crippen LogP contribution in [0.15, 0.2) is 30.3 Å². The summed E-state index contributed by atoms with van der Waals surface area (Å²) in [6, 6.07) is 10.6. The molecule has 0 saturated heterocycles. The van der Waals surface area contributed by atoms with Gasteiger partial charge in [-0.1, -0.05) is 36.8 Å². The molecule has 0 radical (unpaired) electrons. The van der Waals surface area contributed by atoms with Crippen LogP contribution in [0.4, 0.5) is 0 Å². The lowest BCUT2D eigenvalue weighted by Crippen LogP contribution is -2.39. The maximum atomic E-state index is 12.6. The normalized spacial score (nSPS) is 17.0. The first-order chi connectivity index (χ1) is 10.1. The smallest absolute Gasteiger partial charge is 0.223 e. The third kappa shape index (κ3) is 5.29. The Balaban J connectivity index is 0.00000242.